The Morgan fingerprint density at radius 3 is 1.61 bits per heavy atom. The van der Waals surface area contributed by atoms with Crippen molar-refractivity contribution in [1.82, 2.24) is 19.9 Å². The number of benzene rings is 7. The molecule has 1 aliphatic rings. The van der Waals surface area contributed by atoms with E-state index in [9.17, 15) is 5.26 Å². The largest absolute Gasteiger partial charge is 0.256 e. The topological polar surface area (TPSA) is 75.3 Å². The van der Waals surface area contributed by atoms with Crippen molar-refractivity contribution in [1.29, 1.82) is 5.26 Å². The molecule has 0 unspecified atom stereocenters. The van der Waals surface area contributed by atoms with Crippen LogP contribution in [0.3, 0.4) is 0 Å². The minimum atomic E-state index is -0.275. The predicted octanol–water partition coefficient (Wildman–Crippen LogP) is 12.6. The highest BCUT2D eigenvalue weighted by Crippen LogP contribution is 2.50. The van der Waals surface area contributed by atoms with Gasteiger partial charge < -0.3 is 0 Å². The Labute approximate surface area is 331 Å². The zero-order valence-corrected chi connectivity index (χ0v) is 31.5. The molecule has 7 aromatic carbocycles. The molecule has 0 spiro atoms. The summed E-state index contributed by atoms with van der Waals surface area (Å²) in [6.45, 7) is 4.49. The lowest BCUT2D eigenvalue weighted by molar-refractivity contribution is 0.660. The van der Waals surface area contributed by atoms with Gasteiger partial charge in [-0.1, -0.05) is 129 Å². The van der Waals surface area contributed by atoms with E-state index >= 15 is 0 Å². The first-order chi connectivity index (χ1) is 27.9. The molecule has 5 nitrogen and oxygen atoms in total. The molecule has 0 N–H and O–H groups in total. The smallest absolute Gasteiger partial charge is 0.164 e. The Hall–Kier alpha value is -7.55. The summed E-state index contributed by atoms with van der Waals surface area (Å²) in [5.74, 6) is 1.81. The summed E-state index contributed by atoms with van der Waals surface area (Å²) < 4.78 is 0. The van der Waals surface area contributed by atoms with E-state index in [-0.39, 0.29) is 5.41 Å². The highest BCUT2D eigenvalue weighted by molar-refractivity contribution is 5.89. The molecule has 10 rings (SSSR count). The number of nitriles is 1. The molecule has 0 saturated carbocycles. The minimum Gasteiger partial charge on any atom is -0.256 e. The lowest BCUT2D eigenvalue weighted by Gasteiger charge is -2.22. The number of rotatable bonds is 6. The van der Waals surface area contributed by atoms with Gasteiger partial charge >= 0.3 is 0 Å². The van der Waals surface area contributed by atoms with E-state index in [0.717, 1.165) is 61.0 Å². The van der Waals surface area contributed by atoms with Gasteiger partial charge in [-0.2, -0.15) is 5.26 Å². The van der Waals surface area contributed by atoms with Crippen molar-refractivity contribution >= 4 is 10.9 Å². The highest BCUT2D eigenvalue weighted by Gasteiger charge is 2.36. The van der Waals surface area contributed by atoms with Gasteiger partial charge in [0.1, 0.15) is 0 Å². The summed E-state index contributed by atoms with van der Waals surface area (Å²) in [7, 11) is 0. The zero-order chi connectivity index (χ0) is 38.5. The Morgan fingerprint density at radius 2 is 0.930 bits per heavy atom. The van der Waals surface area contributed by atoms with Crippen molar-refractivity contribution in [2.75, 3.05) is 0 Å². The van der Waals surface area contributed by atoms with Crippen LogP contribution in [-0.2, 0) is 5.41 Å². The lowest BCUT2D eigenvalue weighted by Crippen LogP contribution is -2.15. The third-order valence-corrected chi connectivity index (χ3v) is 11.2. The molecule has 9 aromatic rings. The van der Waals surface area contributed by atoms with Crippen molar-refractivity contribution in [2.24, 2.45) is 0 Å². The van der Waals surface area contributed by atoms with Crippen LogP contribution in [0.5, 0.6) is 0 Å². The van der Waals surface area contributed by atoms with Gasteiger partial charge in [0.2, 0.25) is 0 Å². The zero-order valence-electron chi connectivity index (χ0n) is 31.5. The van der Waals surface area contributed by atoms with Crippen LogP contribution in [0.25, 0.3) is 89.6 Å². The second kappa shape index (κ2) is 13.6. The summed E-state index contributed by atoms with van der Waals surface area (Å²) in [5, 5.41) is 10.8. The quantitative estimate of drug-likeness (QED) is 0.170. The number of fused-ring (bicyclic) bond motifs is 4. The molecule has 0 amide bonds. The summed E-state index contributed by atoms with van der Waals surface area (Å²) in [6, 6.07) is 61.1. The number of aromatic nitrogens is 4. The summed E-state index contributed by atoms with van der Waals surface area (Å²) in [5.41, 5.74) is 15.4. The third kappa shape index (κ3) is 6.14. The molecular weight excluding hydrogens is 695 g/mol. The van der Waals surface area contributed by atoms with Crippen LogP contribution >= 0.6 is 0 Å². The SMILES string of the molecule is CC1(C)c2cc(C#N)ccc2-c2ccc(-c3cc(-c4ccc5ncccc5c4)cc(-c4nc(-c5ccccc5)nc(-c5ccc(-c6ccccc6)cc5)n4)c3)cc21. The fraction of sp³-hybridized carbons (Fsp3) is 0.0577. The average molecular weight is 730 g/mol. The Kier molecular flexibility index (Phi) is 8.13. The van der Waals surface area contributed by atoms with Crippen LogP contribution in [0.1, 0.15) is 30.5 Å². The molecule has 0 atom stereocenters. The van der Waals surface area contributed by atoms with Crippen molar-refractivity contribution in [3.8, 4) is 84.7 Å². The maximum absolute atomic E-state index is 9.70. The molecular formula is C52H35N5. The van der Waals surface area contributed by atoms with Gasteiger partial charge in [0.05, 0.1) is 17.1 Å². The molecule has 0 bridgehead atoms. The van der Waals surface area contributed by atoms with E-state index in [1.807, 2.05) is 60.8 Å². The van der Waals surface area contributed by atoms with E-state index in [2.05, 4.69) is 140 Å². The Balaban J connectivity index is 1.15. The first kappa shape index (κ1) is 34.0. The monoisotopic (exact) mass is 729 g/mol. The van der Waals surface area contributed by atoms with Crippen molar-refractivity contribution in [3.63, 3.8) is 0 Å². The van der Waals surface area contributed by atoms with Crippen LogP contribution in [0, 0.1) is 11.3 Å². The highest BCUT2D eigenvalue weighted by atomic mass is 15.0. The van der Waals surface area contributed by atoms with Crippen molar-refractivity contribution < 1.29 is 0 Å². The molecule has 57 heavy (non-hydrogen) atoms. The van der Waals surface area contributed by atoms with E-state index in [1.165, 1.54) is 22.3 Å². The number of pyridine rings is 1. The fourth-order valence-electron chi connectivity index (χ4n) is 8.12. The van der Waals surface area contributed by atoms with Gasteiger partial charge in [0.25, 0.3) is 0 Å². The molecule has 0 radical (unpaired) electrons. The van der Waals surface area contributed by atoms with E-state index in [1.54, 1.807) is 0 Å². The molecule has 0 saturated heterocycles. The molecule has 2 heterocycles. The van der Waals surface area contributed by atoms with Crippen LogP contribution in [0.4, 0.5) is 0 Å². The van der Waals surface area contributed by atoms with Crippen LogP contribution in [-0.4, -0.2) is 19.9 Å². The molecule has 0 fully saturated rings. The number of hydrogen-bond donors (Lipinski definition) is 0. The van der Waals surface area contributed by atoms with Crippen molar-refractivity contribution in [2.45, 2.75) is 19.3 Å². The molecule has 2 aromatic heterocycles. The van der Waals surface area contributed by atoms with E-state index in [4.69, 9.17) is 15.0 Å². The van der Waals surface area contributed by atoms with E-state index < -0.39 is 0 Å². The lowest BCUT2D eigenvalue weighted by atomic mass is 9.81. The number of hydrogen-bond acceptors (Lipinski definition) is 5. The van der Waals surface area contributed by atoms with Gasteiger partial charge in [-0.3, -0.25) is 4.98 Å². The Bertz CT molecular complexity index is 3040. The van der Waals surface area contributed by atoms with Crippen LogP contribution in [0.15, 0.2) is 176 Å². The van der Waals surface area contributed by atoms with Crippen LogP contribution < -0.4 is 0 Å². The van der Waals surface area contributed by atoms with Crippen LogP contribution in [0.2, 0.25) is 0 Å². The maximum atomic E-state index is 9.70. The van der Waals surface area contributed by atoms with Gasteiger partial charge in [-0.05, 0) is 110 Å². The van der Waals surface area contributed by atoms with Gasteiger partial charge in [-0.15, -0.1) is 0 Å². The first-order valence-electron chi connectivity index (χ1n) is 19.1. The average Bonchev–Trinajstić information content (AvgIpc) is 3.51. The third-order valence-electron chi connectivity index (χ3n) is 11.2. The van der Waals surface area contributed by atoms with Gasteiger partial charge in [0.15, 0.2) is 17.5 Å². The second-order valence-corrected chi connectivity index (χ2v) is 15.1. The van der Waals surface area contributed by atoms with E-state index in [0.29, 0.717) is 23.0 Å². The second-order valence-electron chi connectivity index (χ2n) is 15.1. The summed E-state index contributed by atoms with van der Waals surface area (Å²) >= 11 is 0. The molecule has 268 valence electrons. The van der Waals surface area contributed by atoms with Crippen molar-refractivity contribution in [3.05, 3.63) is 193 Å². The first-order valence-corrected chi connectivity index (χ1v) is 19.1. The predicted molar refractivity (Wildman–Crippen MR) is 230 cm³/mol. The Morgan fingerprint density at radius 1 is 0.421 bits per heavy atom. The minimum absolute atomic E-state index is 0.275. The fourth-order valence-corrected chi connectivity index (χ4v) is 8.12. The van der Waals surface area contributed by atoms with Gasteiger partial charge in [0, 0.05) is 33.7 Å². The molecule has 1 aliphatic carbocycles. The standard InChI is InChI=1S/C52H35N5/c1-52(2)46-26-33(32-53)15-22-44(46)45-23-20-39(31-47(45)52)42-28-41(38-21-24-48-40(27-38)14-9-25-54-48)29-43(30-42)51-56-49(36-12-7-4-8-13-36)55-50(57-51)37-18-16-35(17-19-37)34-10-5-3-6-11-34/h3-31H,1-2H3. The molecule has 0 aliphatic heterocycles. The number of nitrogens with zero attached hydrogens (tertiary/aromatic N) is 5. The maximum Gasteiger partial charge on any atom is 0.164 e. The van der Waals surface area contributed by atoms with Gasteiger partial charge in [-0.25, -0.2) is 15.0 Å². The summed E-state index contributed by atoms with van der Waals surface area (Å²) in [4.78, 5) is 19.9. The summed E-state index contributed by atoms with van der Waals surface area (Å²) in [6.07, 6.45) is 1.83. The molecule has 5 heteroatoms. The normalized spacial score (nSPS) is 12.5.